The van der Waals surface area contributed by atoms with Gasteiger partial charge in [-0.15, -0.1) is 0 Å². The van der Waals surface area contributed by atoms with Gasteiger partial charge in [-0.3, -0.25) is 14.4 Å². The maximum absolute atomic E-state index is 12.4. The minimum atomic E-state index is -0.815. The Bertz CT molecular complexity index is 869. The fraction of sp³-hybridized carbons (Fsp3) is 0.381. The monoisotopic (exact) mass is 384 g/mol. The Labute approximate surface area is 163 Å². The van der Waals surface area contributed by atoms with E-state index in [4.69, 9.17) is 9.84 Å². The Morgan fingerprint density at radius 2 is 1.79 bits per heavy atom. The number of carboxylic acids is 1. The van der Waals surface area contributed by atoms with Crippen molar-refractivity contribution in [3.63, 3.8) is 0 Å². The third-order valence-corrected chi connectivity index (χ3v) is 5.10. The summed E-state index contributed by atoms with van der Waals surface area (Å²) < 4.78 is 5.69. The summed E-state index contributed by atoms with van der Waals surface area (Å²) in [6.45, 7) is 0.614. The molecule has 7 nitrogen and oxygen atoms in total. The summed E-state index contributed by atoms with van der Waals surface area (Å²) in [6.07, 6.45) is 0.895. The number of rotatable bonds is 6. The molecule has 0 bridgehead atoms. The Hall–Kier alpha value is -3.09. The molecule has 7 heteroatoms. The molecule has 0 aliphatic carbocycles. The van der Waals surface area contributed by atoms with Gasteiger partial charge in [0.15, 0.2) is 6.61 Å². The number of carbonyl (C=O) groups excluding carboxylic acids is 2. The number of carbonyl (C=O) groups is 3. The molecule has 2 aromatic carbocycles. The number of hydrogen-bond donors (Lipinski definition) is 1. The molecule has 1 heterocycles. The zero-order valence-electron chi connectivity index (χ0n) is 15.8. The van der Waals surface area contributed by atoms with Gasteiger partial charge < -0.3 is 19.6 Å². The molecule has 0 unspecified atom stereocenters. The standard InChI is InChI=1S/C21H24N2O5/c1-22(13-19(24)23-11-9-16(10-12-23)21(26)27)20(25)14-28-18-8-4-6-15-5-2-3-7-17(15)18/h2-8,16H,9-14H2,1H3,(H,26,27). The maximum atomic E-state index is 12.4. The summed E-state index contributed by atoms with van der Waals surface area (Å²) >= 11 is 0. The minimum Gasteiger partial charge on any atom is -0.483 e. The van der Waals surface area contributed by atoms with Crippen LogP contribution in [0.4, 0.5) is 0 Å². The Morgan fingerprint density at radius 3 is 2.50 bits per heavy atom. The molecule has 0 atom stereocenters. The van der Waals surface area contributed by atoms with E-state index < -0.39 is 11.9 Å². The first-order valence-corrected chi connectivity index (χ1v) is 9.31. The number of aliphatic carboxylic acids is 1. The lowest BCUT2D eigenvalue weighted by molar-refractivity contribution is -0.146. The lowest BCUT2D eigenvalue weighted by Crippen LogP contribution is -2.46. The average Bonchev–Trinajstić information content (AvgIpc) is 2.71. The second-order valence-corrected chi connectivity index (χ2v) is 7.01. The van der Waals surface area contributed by atoms with E-state index in [0.29, 0.717) is 31.7 Å². The molecular weight excluding hydrogens is 360 g/mol. The topological polar surface area (TPSA) is 87.2 Å². The molecule has 2 aromatic rings. The fourth-order valence-electron chi connectivity index (χ4n) is 3.34. The second-order valence-electron chi connectivity index (χ2n) is 7.01. The van der Waals surface area contributed by atoms with E-state index in [0.717, 1.165) is 10.8 Å². The van der Waals surface area contributed by atoms with Crippen LogP contribution in [0.3, 0.4) is 0 Å². The molecule has 0 aromatic heterocycles. The summed E-state index contributed by atoms with van der Waals surface area (Å²) in [4.78, 5) is 38.7. The van der Waals surface area contributed by atoms with Crippen molar-refractivity contribution in [3.05, 3.63) is 42.5 Å². The van der Waals surface area contributed by atoms with Gasteiger partial charge in [0.05, 0.1) is 12.5 Å². The van der Waals surface area contributed by atoms with Crippen molar-refractivity contribution >= 4 is 28.6 Å². The van der Waals surface area contributed by atoms with Gasteiger partial charge in [-0.1, -0.05) is 36.4 Å². The van der Waals surface area contributed by atoms with Crippen LogP contribution in [0.1, 0.15) is 12.8 Å². The van der Waals surface area contributed by atoms with Crippen LogP contribution in [-0.4, -0.2) is 66.0 Å². The van der Waals surface area contributed by atoms with Crippen LogP contribution in [0.15, 0.2) is 42.5 Å². The number of likely N-dealkylation sites (tertiary alicyclic amines) is 1. The first kappa shape index (κ1) is 19.7. The van der Waals surface area contributed by atoms with Crippen molar-refractivity contribution in [2.45, 2.75) is 12.8 Å². The second kappa shape index (κ2) is 8.73. The number of nitrogens with zero attached hydrogens (tertiary/aromatic N) is 2. The first-order valence-electron chi connectivity index (χ1n) is 9.31. The lowest BCUT2D eigenvalue weighted by Gasteiger charge is -2.31. The average molecular weight is 384 g/mol. The van der Waals surface area contributed by atoms with Crippen LogP contribution in [-0.2, 0) is 14.4 Å². The van der Waals surface area contributed by atoms with Crippen LogP contribution in [0.25, 0.3) is 10.8 Å². The molecule has 28 heavy (non-hydrogen) atoms. The Morgan fingerprint density at radius 1 is 1.11 bits per heavy atom. The number of fused-ring (bicyclic) bond motifs is 1. The predicted octanol–water partition coefficient (Wildman–Crippen LogP) is 2.00. The van der Waals surface area contributed by atoms with Crippen LogP contribution >= 0.6 is 0 Å². The van der Waals surface area contributed by atoms with Gasteiger partial charge in [-0.25, -0.2) is 0 Å². The van der Waals surface area contributed by atoms with E-state index >= 15 is 0 Å². The third kappa shape index (κ3) is 4.60. The SMILES string of the molecule is CN(CC(=O)N1CCC(C(=O)O)CC1)C(=O)COc1cccc2ccccc12. The molecule has 1 N–H and O–H groups in total. The Balaban J connectivity index is 1.50. The van der Waals surface area contributed by atoms with Gasteiger partial charge in [0.1, 0.15) is 5.75 Å². The largest absolute Gasteiger partial charge is 0.483 e. The molecule has 0 saturated carbocycles. The number of hydrogen-bond acceptors (Lipinski definition) is 4. The van der Waals surface area contributed by atoms with E-state index in [9.17, 15) is 14.4 Å². The van der Waals surface area contributed by atoms with Gasteiger partial charge in [-0.05, 0) is 24.3 Å². The summed E-state index contributed by atoms with van der Waals surface area (Å²) in [7, 11) is 1.57. The highest BCUT2D eigenvalue weighted by atomic mass is 16.5. The number of ether oxygens (including phenoxy) is 1. The zero-order chi connectivity index (χ0) is 20.1. The van der Waals surface area contributed by atoms with Crippen LogP contribution < -0.4 is 4.74 Å². The van der Waals surface area contributed by atoms with Crippen LogP contribution in [0.2, 0.25) is 0 Å². The molecule has 1 aliphatic rings. The number of likely N-dealkylation sites (N-methyl/N-ethyl adjacent to an activating group) is 1. The molecular formula is C21H24N2O5. The van der Waals surface area contributed by atoms with Crippen LogP contribution in [0, 0.1) is 5.92 Å². The fourth-order valence-corrected chi connectivity index (χ4v) is 3.34. The predicted molar refractivity (Wildman–Crippen MR) is 104 cm³/mol. The maximum Gasteiger partial charge on any atom is 0.306 e. The molecule has 0 spiro atoms. The smallest absolute Gasteiger partial charge is 0.306 e. The summed E-state index contributed by atoms with van der Waals surface area (Å²) in [6, 6.07) is 13.4. The van der Waals surface area contributed by atoms with Crippen molar-refractivity contribution in [3.8, 4) is 5.75 Å². The highest BCUT2D eigenvalue weighted by Gasteiger charge is 2.27. The summed E-state index contributed by atoms with van der Waals surface area (Å²) in [5.74, 6) is -1.05. The van der Waals surface area contributed by atoms with E-state index in [-0.39, 0.29) is 25.0 Å². The molecule has 2 amide bonds. The lowest BCUT2D eigenvalue weighted by atomic mass is 9.97. The molecule has 1 aliphatic heterocycles. The van der Waals surface area contributed by atoms with E-state index in [2.05, 4.69) is 0 Å². The summed E-state index contributed by atoms with van der Waals surface area (Å²) in [5.41, 5.74) is 0. The molecule has 3 rings (SSSR count). The van der Waals surface area contributed by atoms with Crippen molar-refractivity contribution in [1.82, 2.24) is 9.80 Å². The van der Waals surface area contributed by atoms with Crippen molar-refractivity contribution < 1.29 is 24.2 Å². The van der Waals surface area contributed by atoms with Crippen LogP contribution in [0.5, 0.6) is 5.75 Å². The van der Waals surface area contributed by atoms with Crippen molar-refractivity contribution in [2.24, 2.45) is 5.92 Å². The van der Waals surface area contributed by atoms with Gasteiger partial charge in [-0.2, -0.15) is 0 Å². The molecule has 0 radical (unpaired) electrons. The molecule has 148 valence electrons. The Kier molecular flexibility index (Phi) is 6.13. The molecule has 1 saturated heterocycles. The number of benzene rings is 2. The third-order valence-electron chi connectivity index (χ3n) is 5.10. The van der Waals surface area contributed by atoms with Gasteiger partial charge in [0.2, 0.25) is 5.91 Å². The number of piperidine rings is 1. The summed E-state index contributed by atoms with van der Waals surface area (Å²) in [5, 5.41) is 11.0. The van der Waals surface area contributed by atoms with E-state index in [1.165, 1.54) is 4.90 Å². The van der Waals surface area contributed by atoms with Gasteiger partial charge >= 0.3 is 5.97 Å². The quantitative estimate of drug-likeness (QED) is 0.823. The van der Waals surface area contributed by atoms with Gasteiger partial charge in [0.25, 0.3) is 5.91 Å². The highest BCUT2D eigenvalue weighted by Crippen LogP contribution is 2.25. The normalized spacial score (nSPS) is 14.7. The number of amides is 2. The molecule has 1 fully saturated rings. The highest BCUT2D eigenvalue weighted by molar-refractivity contribution is 5.89. The minimum absolute atomic E-state index is 0.0462. The van der Waals surface area contributed by atoms with Gasteiger partial charge in [0, 0.05) is 25.5 Å². The zero-order valence-corrected chi connectivity index (χ0v) is 15.8. The van der Waals surface area contributed by atoms with E-state index in [1.54, 1.807) is 11.9 Å². The van der Waals surface area contributed by atoms with Crippen molar-refractivity contribution in [1.29, 1.82) is 0 Å². The number of carboxylic acid groups (broad SMARTS) is 1. The van der Waals surface area contributed by atoms with Crippen molar-refractivity contribution in [2.75, 3.05) is 33.3 Å². The van der Waals surface area contributed by atoms with E-state index in [1.807, 2.05) is 42.5 Å². The first-order chi connectivity index (χ1) is 13.5.